The Labute approximate surface area is 94.7 Å². The monoisotopic (exact) mass is 226 g/mol. The summed E-state index contributed by atoms with van der Waals surface area (Å²) in [6.45, 7) is 5.79. The average Bonchev–Trinajstić information content (AvgIpc) is 2.78. The molecule has 2 rings (SSSR count). The molecule has 1 saturated heterocycles. The van der Waals surface area contributed by atoms with Crippen molar-refractivity contribution in [2.45, 2.75) is 38.7 Å². The zero-order valence-corrected chi connectivity index (χ0v) is 9.72. The van der Waals surface area contributed by atoms with Crippen molar-refractivity contribution in [3.63, 3.8) is 0 Å². The maximum absolute atomic E-state index is 5.23. The maximum atomic E-state index is 5.23. The summed E-state index contributed by atoms with van der Waals surface area (Å²) in [7, 11) is 0. The molecule has 0 radical (unpaired) electrons. The van der Waals surface area contributed by atoms with Gasteiger partial charge < -0.3 is 14.3 Å². The fourth-order valence-electron chi connectivity index (χ4n) is 1.77. The van der Waals surface area contributed by atoms with Crippen molar-refractivity contribution in [2.24, 2.45) is 5.90 Å². The van der Waals surface area contributed by atoms with Crippen LogP contribution in [-0.4, -0.2) is 29.3 Å². The number of aromatic nitrogens is 2. The molecule has 1 aromatic rings. The number of hydrogen-bond acceptors (Lipinski definition) is 6. The van der Waals surface area contributed by atoms with Crippen LogP contribution in [0.1, 0.15) is 38.4 Å². The van der Waals surface area contributed by atoms with Crippen LogP contribution < -0.4 is 10.8 Å². The van der Waals surface area contributed by atoms with E-state index in [-0.39, 0.29) is 6.10 Å². The van der Waals surface area contributed by atoms with Gasteiger partial charge in [0.15, 0.2) is 5.82 Å². The zero-order valence-electron chi connectivity index (χ0n) is 9.72. The first-order valence-corrected chi connectivity index (χ1v) is 5.64. The molecule has 0 atom stereocenters. The molecular formula is C10H18N4O2. The lowest BCUT2D eigenvalue weighted by molar-refractivity contribution is 0.0360. The van der Waals surface area contributed by atoms with Gasteiger partial charge in [-0.15, -0.1) is 0 Å². The number of hydrogen-bond donors (Lipinski definition) is 1. The van der Waals surface area contributed by atoms with E-state index in [9.17, 15) is 0 Å². The first-order chi connectivity index (χ1) is 7.70. The minimum absolute atomic E-state index is 0.156. The van der Waals surface area contributed by atoms with Gasteiger partial charge in [0.2, 0.25) is 0 Å². The van der Waals surface area contributed by atoms with Crippen LogP contribution in [0.15, 0.2) is 4.52 Å². The van der Waals surface area contributed by atoms with E-state index in [0.717, 1.165) is 31.8 Å². The van der Waals surface area contributed by atoms with Gasteiger partial charge in [-0.25, -0.2) is 5.90 Å². The molecular weight excluding hydrogens is 208 g/mol. The molecule has 6 nitrogen and oxygen atoms in total. The van der Waals surface area contributed by atoms with E-state index in [1.807, 2.05) is 13.8 Å². The standard InChI is InChI=1S/C10H18N4O2/c1-7(2)9-12-10(16-13-9)14-5-3-8(15-11)4-6-14/h7-8H,3-6,11H2,1-2H3. The van der Waals surface area contributed by atoms with E-state index in [4.69, 9.17) is 15.3 Å². The predicted molar refractivity (Wildman–Crippen MR) is 58.9 cm³/mol. The smallest absolute Gasteiger partial charge is 0.324 e. The Kier molecular flexibility index (Phi) is 3.40. The summed E-state index contributed by atoms with van der Waals surface area (Å²) < 4.78 is 5.23. The summed E-state index contributed by atoms with van der Waals surface area (Å²) in [5, 5.41) is 3.95. The SMILES string of the molecule is CC(C)c1noc(N2CCC(ON)CC2)n1. The molecule has 16 heavy (non-hydrogen) atoms. The number of anilines is 1. The molecule has 1 aromatic heterocycles. The lowest BCUT2D eigenvalue weighted by Crippen LogP contribution is -2.38. The molecule has 0 saturated carbocycles. The van der Waals surface area contributed by atoms with Crippen LogP contribution in [0, 0.1) is 0 Å². The Bertz CT molecular complexity index is 331. The Morgan fingerprint density at radius 2 is 2.12 bits per heavy atom. The molecule has 2 N–H and O–H groups in total. The van der Waals surface area contributed by atoms with Crippen LogP contribution in [0.3, 0.4) is 0 Å². The third-order valence-corrected chi connectivity index (χ3v) is 2.85. The Balaban J connectivity index is 1.97. The van der Waals surface area contributed by atoms with E-state index in [0.29, 0.717) is 11.9 Å². The van der Waals surface area contributed by atoms with Crippen molar-refractivity contribution in [1.82, 2.24) is 10.1 Å². The van der Waals surface area contributed by atoms with Crippen LogP contribution >= 0.6 is 0 Å². The van der Waals surface area contributed by atoms with Gasteiger partial charge in [-0.3, -0.25) is 0 Å². The Morgan fingerprint density at radius 1 is 1.44 bits per heavy atom. The van der Waals surface area contributed by atoms with Gasteiger partial charge in [0.1, 0.15) is 0 Å². The highest BCUT2D eigenvalue weighted by Gasteiger charge is 2.23. The largest absolute Gasteiger partial charge is 0.324 e. The molecule has 0 bridgehead atoms. The summed E-state index contributed by atoms with van der Waals surface area (Å²) in [6, 6.07) is 0.610. The van der Waals surface area contributed by atoms with Gasteiger partial charge in [-0.05, 0) is 12.8 Å². The third-order valence-electron chi connectivity index (χ3n) is 2.85. The van der Waals surface area contributed by atoms with Crippen molar-refractivity contribution >= 4 is 6.01 Å². The van der Waals surface area contributed by atoms with E-state index in [2.05, 4.69) is 15.0 Å². The molecule has 1 aliphatic rings. The first kappa shape index (κ1) is 11.3. The molecule has 0 aromatic carbocycles. The van der Waals surface area contributed by atoms with Crippen molar-refractivity contribution in [3.8, 4) is 0 Å². The summed E-state index contributed by atoms with van der Waals surface area (Å²) in [4.78, 5) is 11.3. The summed E-state index contributed by atoms with van der Waals surface area (Å²) in [6.07, 6.45) is 1.95. The summed E-state index contributed by atoms with van der Waals surface area (Å²) in [5.41, 5.74) is 0. The zero-order chi connectivity index (χ0) is 11.5. The summed E-state index contributed by atoms with van der Waals surface area (Å²) in [5.74, 6) is 6.21. The first-order valence-electron chi connectivity index (χ1n) is 5.64. The second kappa shape index (κ2) is 4.80. The quantitative estimate of drug-likeness (QED) is 0.776. The number of nitrogens with zero attached hydrogens (tertiary/aromatic N) is 3. The molecule has 0 aliphatic carbocycles. The number of rotatable bonds is 3. The third kappa shape index (κ3) is 2.33. The fourth-order valence-corrected chi connectivity index (χ4v) is 1.77. The second-order valence-corrected chi connectivity index (χ2v) is 4.41. The Hall–Kier alpha value is -1.14. The van der Waals surface area contributed by atoms with E-state index < -0.39 is 0 Å². The molecule has 0 spiro atoms. The van der Waals surface area contributed by atoms with Crippen LogP contribution in [0.5, 0.6) is 0 Å². The van der Waals surface area contributed by atoms with E-state index in [1.165, 1.54) is 0 Å². The molecule has 1 aliphatic heterocycles. The van der Waals surface area contributed by atoms with Crippen LogP contribution in [-0.2, 0) is 4.84 Å². The molecule has 0 amide bonds. The van der Waals surface area contributed by atoms with Crippen LogP contribution in [0.25, 0.3) is 0 Å². The number of nitrogens with two attached hydrogens (primary N) is 1. The highest BCUT2D eigenvalue weighted by Crippen LogP contribution is 2.20. The van der Waals surface area contributed by atoms with Crippen molar-refractivity contribution in [2.75, 3.05) is 18.0 Å². The molecule has 6 heteroatoms. The minimum atomic E-state index is 0.156. The molecule has 1 fully saturated rings. The van der Waals surface area contributed by atoms with Crippen molar-refractivity contribution in [3.05, 3.63) is 5.82 Å². The molecule has 0 unspecified atom stereocenters. The average molecular weight is 226 g/mol. The van der Waals surface area contributed by atoms with Gasteiger partial charge in [-0.2, -0.15) is 4.98 Å². The second-order valence-electron chi connectivity index (χ2n) is 4.41. The predicted octanol–water partition coefficient (Wildman–Crippen LogP) is 1.05. The number of piperidine rings is 1. The highest BCUT2D eigenvalue weighted by atomic mass is 16.6. The minimum Gasteiger partial charge on any atom is -0.324 e. The van der Waals surface area contributed by atoms with Crippen molar-refractivity contribution in [1.29, 1.82) is 0 Å². The molecule has 2 heterocycles. The van der Waals surface area contributed by atoms with E-state index >= 15 is 0 Å². The topological polar surface area (TPSA) is 77.4 Å². The normalized spacial score (nSPS) is 18.4. The van der Waals surface area contributed by atoms with Gasteiger partial charge >= 0.3 is 6.01 Å². The van der Waals surface area contributed by atoms with E-state index in [1.54, 1.807) is 0 Å². The summed E-state index contributed by atoms with van der Waals surface area (Å²) >= 11 is 0. The molecule has 90 valence electrons. The highest BCUT2D eigenvalue weighted by molar-refractivity contribution is 5.26. The van der Waals surface area contributed by atoms with Crippen molar-refractivity contribution < 1.29 is 9.36 Å². The van der Waals surface area contributed by atoms with Crippen LogP contribution in [0.4, 0.5) is 6.01 Å². The van der Waals surface area contributed by atoms with Crippen LogP contribution in [0.2, 0.25) is 0 Å². The fraction of sp³-hybridized carbons (Fsp3) is 0.800. The van der Waals surface area contributed by atoms with Gasteiger partial charge in [0, 0.05) is 19.0 Å². The lowest BCUT2D eigenvalue weighted by atomic mass is 10.1. The van der Waals surface area contributed by atoms with Gasteiger partial charge in [-0.1, -0.05) is 19.0 Å². The van der Waals surface area contributed by atoms with Gasteiger partial charge in [0.05, 0.1) is 6.10 Å². The maximum Gasteiger partial charge on any atom is 0.324 e. The van der Waals surface area contributed by atoms with Gasteiger partial charge in [0.25, 0.3) is 0 Å². The lowest BCUT2D eigenvalue weighted by Gasteiger charge is -2.28. The Morgan fingerprint density at radius 3 is 2.62 bits per heavy atom.